The second-order valence-electron chi connectivity index (χ2n) is 4.42. The van der Waals surface area contributed by atoms with Crippen molar-refractivity contribution in [1.29, 1.82) is 0 Å². The van der Waals surface area contributed by atoms with Gasteiger partial charge in [0.15, 0.2) is 0 Å². The lowest BCUT2D eigenvalue weighted by atomic mass is 10.1. The van der Waals surface area contributed by atoms with Crippen molar-refractivity contribution in [1.82, 2.24) is 0 Å². The highest BCUT2D eigenvalue weighted by Crippen LogP contribution is 2.41. The van der Waals surface area contributed by atoms with Gasteiger partial charge in [0.1, 0.15) is 0 Å². The topological polar surface area (TPSA) is 83.8 Å². The van der Waals surface area contributed by atoms with E-state index in [2.05, 4.69) is 0 Å². The van der Waals surface area contributed by atoms with Crippen LogP contribution in [0, 0.1) is 0 Å². The largest absolute Gasteiger partial charge is 0.872 e. The first kappa shape index (κ1) is 12.8. The number of carboxylic acids is 1. The Morgan fingerprint density at radius 3 is 2.70 bits per heavy atom. The maximum absolute atomic E-state index is 11.4. The lowest BCUT2D eigenvalue weighted by Gasteiger charge is -2.17. The van der Waals surface area contributed by atoms with Gasteiger partial charge in [-0.15, -0.1) is 5.75 Å². The monoisotopic (exact) mass is 288 g/mol. The number of carboxylic acid groups (broad SMARTS) is 1. The first-order valence-electron chi connectivity index (χ1n) is 5.86. The summed E-state index contributed by atoms with van der Waals surface area (Å²) in [5.74, 6) is -1.16. The fraction of sp³-hybridized carbons (Fsp3) is 0.0714. The Bertz CT molecular complexity index is 702. The third kappa shape index (κ3) is 2.19. The summed E-state index contributed by atoms with van der Waals surface area (Å²) in [7, 11) is 0. The lowest BCUT2D eigenvalue weighted by Crippen LogP contribution is -2.17. The van der Waals surface area contributed by atoms with Crippen LogP contribution >= 0.6 is 11.8 Å². The lowest BCUT2D eigenvalue weighted by molar-refractivity contribution is -0.268. The van der Waals surface area contributed by atoms with Crippen molar-refractivity contribution in [3.8, 4) is 5.75 Å². The van der Waals surface area contributed by atoms with Crippen molar-refractivity contribution in [2.75, 3.05) is 5.06 Å². The second kappa shape index (κ2) is 4.73. The Balaban J connectivity index is 2.10. The van der Waals surface area contributed by atoms with Crippen LogP contribution in [0.15, 0.2) is 46.2 Å². The molecule has 0 bridgehead atoms. The highest BCUT2D eigenvalue weighted by molar-refractivity contribution is 7.99. The van der Waals surface area contributed by atoms with Gasteiger partial charge in [-0.3, -0.25) is 10.3 Å². The van der Waals surface area contributed by atoms with Crippen LogP contribution in [-0.2, 0) is 6.54 Å². The number of fused-ring (bicyclic) bond motifs is 2. The van der Waals surface area contributed by atoms with Crippen molar-refractivity contribution in [2.24, 2.45) is 0 Å². The van der Waals surface area contributed by atoms with E-state index in [0.717, 1.165) is 20.4 Å². The fourth-order valence-electron chi connectivity index (χ4n) is 2.08. The normalized spacial score (nSPS) is 13.3. The van der Waals surface area contributed by atoms with E-state index in [1.54, 1.807) is 12.1 Å². The molecule has 1 aliphatic rings. The van der Waals surface area contributed by atoms with Crippen LogP contribution in [0.5, 0.6) is 5.75 Å². The van der Waals surface area contributed by atoms with Crippen LogP contribution in [-0.4, -0.2) is 16.3 Å². The van der Waals surface area contributed by atoms with Crippen LogP contribution < -0.4 is 10.2 Å². The number of benzene rings is 2. The molecular formula is C14H10NO4S-. The van der Waals surface area contributed by atoms with E-state index in [4.69, 9.17) is 5.11 Å². The predicted octanol–water partition coefficient (Wildman–Crippen LogP) is 2.32. The summed E-state index contributed by atoms with van der Waals surface area (Å²) < 4.78 is 0. The third-order valence-electron chi connectivity index (χ3n) is 3.06. The molecule has 0 amide bonds. The van der Waals surface area contributed by atoms with Crippen molar-refractivity contribution < 1.29 is 20.2 Å². The molecule has 2 aromatic rings. The number of hydroxylamine groups is 1. The van der Waals surface area contributed by atoms with Gasteiger partial charge < -0.3 is 10.2 Å². The van der Waals surface area contributed by atoms with Crippen molar-refractivity contribution in [2.45, 2.75) is 16.3 Å². The average Bonchev–Trinajstić information content (AvgIpc) is 2.54. The third-order valence-corrected chi connectivity index (χ3v) is 4.24. The Hall–Kier alpha value is -2.18. The minimum Gasteiger partial charge on any atom is -0.872 e. The number of aromatic carboxylic acids is 1. The molecule has 5 nitrogen and oxygen atoms in total. The molecule has 102 valence electrons. The minimum atomic E-state index is -1.05. The van der Waals surface area contributed by atoms with E-state index in [0.29, 0.717) is 5.69 Å². The molecule has 0 radical (unpaired) electrons. The molecule has 0 saturated carbocycles. The van der Waals surface area contributed by atoms with Crippen molar-refractivity contribution >= 4 is 23.4 Å². The van der Waals surface area contributed by atoms with Gasteiger partial charge in [-0.25, -0.2) is 4.79 Å². The van der Waals surface area contributed by atoms with E-state index >= 15 is 0 Å². The van der Waals surface area contributed by atoms with Gasteiger partial charge in [-0.2, -0.15) is 0 Å². The van der Waals surface area contributed by atoms with E-state index in [-0.39, 0.29) is 17.9 Å². The molecule has 2 N–H and O–H groups in total. The SMILES string of the molecule is O=C(O)c1ccc2c(c1)N(O)Cc1cc([O-])ccc1S2. The van der Waals surface area contributed by atoms with E-state index in [1.165, 1.54) is 36.0 Å². The summed E-state index contributed by atoms with van der Waals surface area (Å²) in [4.78, 5) is 12.6. The van der Waals surface area contributed by atoms with Gasteiger partial charge >= 0.3 is 5.97 Å². The highest BCUT2D eigenvalue weighted by atomic mass is 32.2. The van der Waals surface area contributed by atoms with E-state index in [9.17, 15) is 15.1 Å². The van der Waals surface area contributed by atoms with Gasteiger partial charge in [0.05, 0.1) is 17.8 Å². The quantitative estimate of drug-likeness (QED) is 0.837. The van der Waals surface area contributed by atoms with Gasteiger partial charge in [-0.1, -0.05) is 23.9 Å². The van der Waals surface area contributed by atoms with Crippen LogP contribution in [0.4, 0.5) is 5.69 Å². The summed E-state index contributed by atoms with van der Waals surface area (Å²) in [5, 5.41) is 31.5. The fourth-order valence-corrected chi connectivity index (χ4v) is 3.11. The maximum atomic E-state index is 11.4. The Morgan fingerprint density at radius 1 is 1.20 bits per heavy atom. The van der Waals surface area contributed by atoms with Crippen molar-refractivity contribution in [3.05, 3.63) is 47.5 Å². The molecular weight excluding hydrogens is 278 g/mol. The van der Waals surface area contributed by atoms with Gasteiger partial charge in [-0.05, 0) is 29.8 Å². The standard InChI is InChI=1S/C14H11NO4S/c16-10-2-4-12-9(5-10)7-15(19)11-6-8(14(17)18)1-3-13(11)20-12/h1-6,16,19H,7H2,(H,17,18)/p-1. The Morgan fingerprint density at radius 2 is 1.95 bits per heavy atom. The van der Waals surface area contributed by atoms with Crippen LogP contribution in [0.1, 0.15) is 15.9 Å². The summed E-state index contributed by atoms with van der Waals surface area (Å²) in [5.41, 5.74) is 1.26. The predicted molar refractivity (Wildman–Crippen MR) is 71.4 cm³/mol. The highest BCUT2D eigenvalue weighted by Gasteiger charge is 2.20. The summed E-state index contributed by atoms with van der Waals surface area (Å²) >= 11 is 1.40. The van der Waals surface area contributed by atoms with Gasteiger partial charge in [0.25, 0.3) is 0 Å². The number of nitrogens with zero attached hydrogens (tertiary/aromatic N) is 1. The van der Waals surface area contributed by atoms with Crippen LogP contribution in [0.2, 0.25) is 0 Å². The zero-order valence-electron chi connectivity index (χ0n) is 10.2. The molecule has 1 aliphatic heterocycles. The number of hydrogen-bond acceptors (Lipinski definition) is 5. The summed E-state index contributed by atoms with van der Waals surface area (Å²) in [6.07, 6.45) is 0. The molecule has 0 unspecified atom stereocenters. The molecule has 0 aromatic heterocycles. The molecule has 3 rings (SSSR count). The molecule has 0 fully saturated rings. The zero-order valence-corrected chi connectivity index (χ0v) is 11.1. The Kier molecular flexibility index (Phi) is 3.04. The van der Waals surface area contributed by atoms with Crippen LogP contribution in [0.3, 0.4) is 0 Å². The molecule has 0 aliphatic carbocycles. The van der Waals surface area contributed by atoms with Gasteiger partial charge in [0.2, 0.25) is 0 Å². The minimum absolute atomic E-state index is 0.110. The molecule has 6 heteroatoms. The molecule has 20 heavy (non-hydrogen) atoms. The number of rotatable bonds is 1. The maximum Gasteiger partial charge on any atom is 0.335 e. The first-order valence-corrected chi connectivity index (χ1v) is 6.68. The summed E-state index contributed by atoms with van der Waals surface area (Å²) in [6.45, 7) is 0.147. The summed E-state index contributed by atoms with van der Waals surface area (Å²) in [6, 6.07) is 9.26. The zero-order chi connectivity index (χ0) is 14.3. The molecule has 0 atom stereocenters. The van der Waals surface area contributed by atoms with Crippen LogP contribution in [0.25, 0.3) is 0 Å². The van der Waals surface area contributed by atoms with Crippen molar-refractivity contribution in [3.63, 3.8) is 0 Å². The average molecular weight is 288 g/mol. The number of carbonyl (C=O) groups is 1. The molecule has 0 saturated heterocycles. The van der Waals surface area contributed by atoms with E-state index < -0.39 is 5.97 Å². The first-order chi connectivity index (χ1) is 9.54. The van der Waals surface area contributed by atoms with Gasteiger partial charge in [0, 0.05) is 9.79 Å². The Labute approximate surface area is 119 Å². The second-order valence-corrected chi connectivity index (χ2v) is 5.50. The number of anilines is 1. The smallest absolute Gasteiger partial charge is 0.335 e. The molecule has 1 heterocycles. The molecule has 0 spiro atoms. The number of hydrogen-bond donors (Lipinski definition) is 2. The van der Waals surface area contributed by atoms with E-state index in [1.807, 2.05) is 0 Å². The molecule has 2 aromatic carbocycles.